The molecule has 1 aromatic heterocycles. The van der Waals surface area contributed by atoms with E-state index in [4.69, 9.17) is 0 Å². The monoisotopic (exact) mass is 426 g/mol. The summed E-state index contributed by atoms with van der Waals surface area (Å²) in [6.45, 7) is 6.27. The van der Waals surface area contributed by atoms with Crippen molar-refractivity contribution < 1.29 is 4.79 Å². The lowest BCUT2D eigenvalue weighted by atomic mass is 10.2. The molecule has 2 aliphatic rings. The Hall–Kier alpha value is -2.74. The number of carbonyl (C=O) groups excluding carboxylic acids is 1. The highest BCUT2D eigenvalue weighted by atomic mass is 32.1. The number of thiophene rings is 1. The molecule has 3 heterocycles. The van der Waals surface area contributed by atoms with Gasteiger partial charge in [-0.3, -0.25) is 4.99 Å². The number of nitrogens with one attached hydrogen (secondary N) is 2. The number of amides is 2. The Bertz CT molecular complexity index is 854. The van der Waals surface area contributed by atoms with Gasteiger partial charge in [0.25, 0.3) is 0 Å². The number of likely N-dealkylation sites (tertiary alicyclic amines) is 1. The minimum absolute atomic E-state index is 0.00275. The Kier molecular flexibility index (Phi) is 6.74. The number of anilines is 2. The van der Waals surface area contributed by atoms with E-state index < -0.39 is 0 Å². The molecule has 8 heteroatoms. The number of carbonyl (C=O) groups is 1. The van der Waals surface area contributed by atoms with E-state index in [9.17, 15) is 4.79 Å². The number of aliphatic imine (C=N–C) groups is 1. The van der Waals surface area contributed by atoms with Crippen LogP contribution < -0.4 is 15.5 Å². The van der Waals surface area contributed by atoms with Gasteiger partial charge >= 0.3 is 6.03 Å². The van der Waals surface area contributed by atoms with E-state index in [1.165, 1.54) is 5.00 Å². The van der Waals surface area contributed by atoms with Crippen molar-refractivity contribution in [1.82, 2.24) is 15.1 Å². The lowest BCUT2D eigenvalue weighted by Crippen LogP contribution is -2.52. The van der Waals surface area contributed by atoms with E-state index in [-0.39, 0.29) is 6.03 Å². The second-order valence-corrected chi connectivity index (χ2v) is 8.58. The molecule has 2 N–H and O–H groups in total. The molecule has 4 rings (SSSR count). The second kappa shape index (κ2) is 9.84. The Labute approximate surface area is 182 Å². The fourth-order valence-corrected chi connectivity index (χ4v) is 4.77. The van der Waals surface area contributed by atoms with Crippen LogP contribution in [-0.4, -0.2) is 68.1 Å². The van der Waals surface area contributed by atoms with Crippen molar-refractivity contribution in [1.29, 1.82) is 0 Å². The third kappa shape index (κ3) is 5.05. The molecule has 0 saturated carbocycles. The van der Waals surface area contributed by atoms with Crippen molar-refractivity contribution in [3.8, 4) is 0 Å². The number of nitrogens with zero attached hydrogens (tertiary/aromatic N) is 4. The molecule has 2 aromatic rings. The van der Waals surface area contributed by atoms with Crippen LogP contribution in [0.4, 0.5) is 15.5 Å². The fraction of sp³-hybridized carbons (Fsp3) is 0.455. The second-order valence-electron chi connectivity index (χ2n) is 7.65. The number of hydrogen-bond acceptors (Lipinski definition) is 4. The predicted molar refractivity (Wildman–Crippen MR) is 125 cm³/mol. The Morgan fingerprint density at radius 2 is 1.83 bits per heavy atom. The van der Waals surface area contributed by atoms with Gasteiger partial charge in [0, 0.05) is 58.5 Å². The van der Waals surface area contributed by atoms with Crippen LogP contribution >= 0.6 is 11.3 Å². The van der Waals surface area contributed by atoms with Gasteiger partial charge in [-0.05, 0) is 48.1 Å². The molecule has 0 radical (unpaired) electrons. The zero-order chi connectivity index (χ0) is 20.8. The Morgan fingerprint density at radius 3 is 2.53 bits per heavy atom. The van der Waals surface area contributed by atoms with Gasteiger partial charge in [-0.25, -0.2) is 4.79 Å². The topological polar surface area (TPSA) is 63.2 Å². The molecule has 2 amide bonds. The van der Waals surface area contributed by atoms with Gasteiger partial charge in [-0.15, -0.1) is 11.3 Å². The summed E-state index contributed by atoms with van der Waals surface area (Å²) in [7, 11) is 1.83. The molecule has 0 unspecified atom stereocenters. The quantitative estimate of drug-likeness (QED) is 0.582. The Morgan fingerprint density at radius 1 is 1.03 bits per heavy atom. The van der Waals surface area contributed by atoms with Gasteiger partial charge in [-0.1, -0.05) is 12.1 Å². The normalized spacial score (nSPS) is 17.4. The van der Waals surface area contributed by atoms with Crippen LogP contribution in [-0.2, 0) is 6.54 Å². The van der Waals surface area contributed by atoms with E-state index in [1.807, 2.05) is 30.1 Å². The summed E-state index contributed by atoms with van der Waals surface area (Å²) < 4.78 is 0. The van der Waals surface area contributed by atoms with Crippen LogP contribution in [0, 0.1) is 0 Å². The first kappa shape index (κ1) is 20.5. The standard InChI is InChI=1S/C22H30N6OS/c1-23-21(27-13-11-26(12-14-27)20-8-5-15-30-20)24-17-18-6-4-7-19(16-18)25-22(29)28-9-2-3-10-28/h4-8,15-16H,2-3,9-14,17H2,1H3,(H,23,24)(H,25,29). The van der Waals surface area contributed by atoms with Crippen molar-refractivity contribution in [2.45, 2.75) is 19.4 Å². The maximum absolute atomic E-state index is 12.3. The molecule has 0 aliphatic carbocycles. The molecule has 7 nitrogen and oxygen atoms in total. The molecule has 2 saturated heterocycles. The van der Waals surface area contributed by atoms with E-state index in [1.54, 1.807) is 11.3 Å². The molecular weight excluding hydrogens is 396 g/mol. The molecular formula is C22H30N6OS. The highest BCUT2D eigenvalue weighted by Crippen LogP contribution is 2.22. The highest BCUT2D eigenvalue weighted by molar-refractivity contribution is 7.14. The molecule has 0 spiro atoms. The molecule has 2 aliphatic heterocycles. The van der Waals surface area contributed by atoms with Crippen LogP contribution in [0.5, 0.6) is 0 Å². The lowest BCUT2D eigenvalue weighted by Gasteiger charge is -2.37. The number of rotatable bonds is 4. The van der Waals surface area contributed by atoms with E-state index in [0.717, 1.165) is 69.3 Å². The van der Waals surface area contributed by atoms with Crippen molar-refractivity contribution in [2.75, 3.05) is 56.5 Å². The van der Waals surface area contributed by atoms with Gasteiger partial charge in [0.05, 0.1) is 5.00 Å². The van der Waals surface area contributed by atoms with Crippen LogP contribution in [0.3, 0.4) is 0 Å². The molecule has 160 valence electrons. The van der Waals surface area contributed by atoms with Crippen molar-refractivity contribution in [3.05, 3.63) is 47.3 Å². The molecule has 2 fully saturated rings. The number of piperazine rings is 1. The van der Waals surface area contributed by atoms with Gasteiger partial charge in [0.15, 0.2) is 5.96 Å². The summed E-state index contributed by atoms with van der Waals surface area (Å²) in [5.74, 6) is 0.923. The van der Waals surface area contributed by atoms with Crippen LogP contribution in [0.15, 0.2) is 46.8 Å². The summed E-state index contributed by atoms with van der Waals surface area (Å²) in [6.07, 6.45) is 2.19. The van der Waals surface area contributed by atoms with E-state index in [0.29, 0.717) is 6.54 Å². The first-order chi connectivity index (χ1) is 14.7. The first-order valence-electron chi connectivity index (χ1n) is 10.6. The third-order valence-corrected chi connectivity index (χ3v) is 6.56. The van der Waals surface area contributed by atoms with Gasteiger partial charge < -0.3 is 25.3 Å². The van der Waals surface area contributed by atoms with Crippen molar-refractivity contribution >= 4 is 34.0 Å². The summed E-state index contributed by atoms with van der Waals surface area (Å²) in [6, 6.07) is 12.3. The summed E-state index contributed by atoms with van der Waals surface area (Å²) in [4.78, 5) is 23.4. The smallest absolute Gasteiger partial charge is 0.321 e. The summed E-state index contributed by atoms with van der Waals surface area (Å²) >= 11 is 1.79. The number of hydrogen-bond donors (Lipinski definition) is 2. The van der Waals surface area contributed by atoms with Gasteiger partial charge in [0.2, 0.25) is 0 Å². The summed E-state index contributed by atoms with van der Waals surface area (Å²) in [5.41, 5.74) is 1.96. The number of urea groups is 1. The number of guanidine groups is 1. The lowest BCUT2D eigenvalue weighted by molar-refractivity contribution is 0.222. The SMILES string of the molecule is CN=C(NCc1cccc(NC(=O)N2CCCC2)c1)N1CCN(c2cccs2)CC1. The maximum atomic E-state index is 12.3. The van der Waals surface area contributed by atoms with E-state index in [2.05, 4.69) is 49.0 Å². The average Bonchev–Trinajstić information content (AvgIpc) is 3.49. The van der Waals surface area contributed by atoms with Crippen molar-refractivity contribution in [3.63, 3.8) is 0 Å². The average molecular weight is 427 g/mol. The predicted octanol–water partition coefficient (Wildman–Crippen LogP) is 3.27. The number of benzene rings is 1. The zero-order valence-corrected chi connectivity index (χ0v) is 18.3. The molecule has 1 aromatic carbocycles. The van der Waals surface area contributed by atoms with Gasteiger partial charge in [0.1, 0.15) is 0 Å². The molecule has 0 atom stereocenters. The van der Waals surface area contributed by atoms with Crippen molar-refractivity contribution in [2.24, 2.45) is 4.99 Å². The maximum Gasteiger partial charge on any atom is 0.321 e. The highest BCUT2D eigenvalue weighted by Gasteiger charge is 2.20. The Balaban J connectivity index is 1.28. The third-order valence-electron chi connectivity index (χ3n) is 5.63. The minimum Gasteiger partial charge on any atom is -0.360 e. The zero-order valence-electron chi connectivity index (χ0n) is 17.5. The molecule has 0 bridgehead atoms. The largest absolute Gasteiger partial charge is 0.360 e. The fourth-order valence-electron chi connectivity index (χ4n) is 3.98. The van der Waals surface area contributed by atoms with Crippen LogP contribution in [0.25, 0.3) is 0 Å². The van der Waals surface area contributed by atoms with Gasteiger partial charge in [-0.2, -0.15) is 0 Å². The summed E-state index contributed by atoms with van der Waals surface area (Å²) in [5, 5.41) is 9.97. The molecule has 30 heavy (non-hydrogen) atoms. The van der Waals surface area contributed by atoms with Crippen LogP contribution in [0.2, 0.25) is 0 Å². The van der Waals surface area contributed by atoms with Crippen LogP contribution in [0.1, 0.15) is 18.4 Å². The first-order valence-corrected chi connectivity index (χ1v) is 11.5. The van der Waals surface area contributed by atoms with E-state index >= 15 is 0 Å². The minimum atomic E-state index is -0.00275.